The summed E-state index contributed by atoms with van der Waals surface area (Å²) in [6.45, 7) is 4.84. The predicted octanol–water partition coefficient (Wildman–Crippen LogP) is 5.33. The van der Waals surface area contributed by atoms with E-state index in [1.807, 2.05) is 0 Å². The molecule has 0 amide bonds. The zero-order valence-electron chi connectivity index (χ0n) is 12.5. The smallest absolute Gasteiger partial charge is 0.0607 e. The summed E-state index contributed by atoms with van der Waals surface area (Å²) in [7, 11) is 0. The highest BCUT2D eigenvalue weighted by Gasteiger charge is 2.32. The summed E-state index contributed by atoms with van der Waals surface area (Å²) in [6.07, 6.45) is 16.5. The van der Waals surface area contributed by atoms with Crippen LogP contribution in [0, 0.1) is 11.8 Å². The molecule has 2 saturated heterocycles. The number of fused-ring (bicyclic) bond motifs is 2. The molecule has 1 nitrogen and oxygen atoms in total. The maximum atomic E-state index is 6.38. The van der Waals surface area contributed by atoms with E-state index in [1.165, 1.54) is 70.6 Å². The van der Waals surface area contributed by atoms with Crippen LogP contribution >= 0.6 is 0 Å². The van der Waals surface area contributed by atoms with Gasteiger partial charge in [0.05, 0.1) is 12.2 Å². The second-order valence-corrected chi connectivity index (χ2v) is 6.77. The maximum absolute atomic E-state index is 6.38. The van der Waals surface area contributed by atoms with Crippen LogP contribution in [0.4, 0.5) is 0 Å². The molecule has 0 radical (unpaired) electrons. The minimum Gasteiger partial charge on any atom is -0.375 e. The normalized spacial score (nSPS) is 40.3. The quantitative estimate of drug-likeness (QED) is 0.566. The number of rotatable bonds is 0. The number of ether oxygens (including phenoxy) is 1. The molecule has 18 heavy (non-hydrogen) atoms. The maximum Gasteiger partial charge on any atom is 0.0607 e. The lowest BCUT2D eigenvalue weighted by molar-refractivity contribution is -0.107. The third-order valence-electron chi connectivity index (χ3n) is 5.25. The van der Waals surface area contributed by atoms with Crippen LogP contribution in [0.3, 0.4) is 0 Å². The topological polar surface area (TPSA) is 9.23 Å². The lowest BCUT2D eigenvalue weighted by atomic mass is 9.81. The lowest BCUT2D eigenvalue weighted by Crippen LogP contribution is -2.38. The Bertz CT molecular complexity index is 226. The van der Waals surface area contributed by atoms with E-state index in [-0.39, 0.29) is 0 Å². The third kappa shape index (κ3) is 4.26. The zero-order valence-corrected chi connectivity index (χ0v) is 12.5. The average Bonchev–Trinajstić information content (AvgIpc) is 2.37. The van der Waals surface area contributed by atoms with Gasteiger partial charge in [0.15, 0.2) is 0 Å². The van der Waals surface area contributed by atoms with Crippen molar-refractivity contribution in [3.63, 3.8) is 0 Å². The van der Waals surface area contributed by atoms with Crippen molar-refractivity contribution in [1.29, 1.82) is 0 Å². The van der Waals surface area contributed by atoms with Gasteiger partial charge in [-0.15, -0.1) is 0 Å². The minimum absolute atomic E-state index is 0.555. The van der Waals surface area contributed by atoms with Crippen molar-refractivity contribution in [2.75, 3.05) is 0 Å². The molecule has 1 heteroatoms. The van der Waals surface area contributed by atoms with E-state index in [0.717, 1.165) is 11.8 Å². The molecule has 2 bridgehead atoms. The van der Waals surface area contributed by atoms with E-state index >= 15 is 0 Å². The molecule has 0 saturated carbocycles. The molecule has 0 spiro atoms. The Hall–Kier alpha value is -0.0400. The molecule has 4 unspecified atom stereocenters. The van der Waals surface area contributed by atoms with Crippen molar-refractivity contribution in [2.24, 2.45) is 11.8 Å². The van der Waals surface area contributed by atoms with Crippen LogP contribution in [0.15, 0.2) is 0 Å². The van der Waals surface area contributed by atoms with Gasteiger partial charge in [0.25, 0.3) is 0 Å². The Balaban J connectivity index is 1.88. The molecule has 106 valence electrons. The first-order chi connectivity index (χ1) is 8.77. The summed E-state index contributed by atoms with van der Waals surface area (Å²) in [4.78, 5) is 0. The van der Waals surface area contributed by atoms with Gasteiger partial charge in [0.2, 0.25) is 0 Å². The Morgan fingerprint density at radius 2 is 1.28 bits per heavy atom. The van der Waals surface area contributed by atoms with Crippen LogP contribution in [0.5, 0.6) is 0 Å². The van der Waals surface area contributed by atoms with E-state index in [1.54, 1.807) is 0 Å². The zero-order chi connectivity index (χ0) is 12.8. The van der Waals surface area contributed by atoms with E-state index in [4.69, 9.17) is 4.74 Å². The van der Waals surface area contributed by atoms with Crippen LogP contribution in [0.2, 0.25) is 0 Å². The fourth-order valence-corrected chi connectivity index (χ4v) is 3.72. The summed E-state index contributed by atoms with van der Waals surface area (Å²) in [6, 6.07) is 0. The van der Waals surface area contributed by atoms with Crippen molar-refractivity contribution < 1.29 is 4.74 Å². The molecule has 0 aromatic heterocycles. The Labute approximate surface area is 114 Å². The van der Waals surface area contributed by atoms with Gasteiger partial charge in [-0.2, -0.15) is 0 Å². The Morgan fingerprint density at radius 1 is 0.722 bits per heavy atom. The largest absolute Gasteiger partial charge is 0.375 e. The van der Waals surface area contributed by atoms with Crippen LogP contribution in [-0.2, 0) is 4.74 Å². The van der Waals surface area contributed by atoms with Crippen LogP contribution in [0.1, 0.15) is 84.5 Å². The van der Waals surface area contributed by atoms with Crippen LogP contribution in [-0.4, -0.2) is 12.2 Å². The monoisotopic (exact) mass is 252 g/mol. The average molecular weight is 252 g/mol. The molecule has 2 aliphatic rings. The third-order valence-corrected chi connectivity index (χ3v) is 5.25. The van der Waals surface area contributed by atoms with Crippen molar-refractivity contribution in [3.05, 3.63) is 0 Å². The standard InChI is InChI=1S/C17H32O/c1-14-13-16-11-9-7-5-3-4-6-8-10-12-17(18-16)15(14)2/h14-17H,3-13H2,1-2H3. The molecule has 2 aliphatic heterocycles. The van der Waals surface area contributed by atoms with Crippen LogP contribution in [0.25, 0.3) is 0 Å². The fraction of sp³-hybridized carbons (Fsp3) is 1.00. The predicted molar refractivity (Wildman–Crippen MR) is 77.8 cm³/mol. The van der Waals surface area contributed by atoms with Gasteiger partial charge >= 0.3 is 0 Å². The second kappa shape index (κ2) is 7.53. The van der Waals surface area contributed by atoms with Gasteiger partial charge in [0.1, 0.15) is 0 Å². The molecular weight excluding hydrogens is 220 g/mol. The van der Waals surface area contributed by atoms with Gasteiger partial charge in [-0.3, -0.25) is 0 Å². The summed E-state index contributed by atoms with van der Waals surface area (Å²) in [5.41, 5.74) is 0. The molecule has 0 aliphatic carbocycles. The van der Waals surface area contributed by atoms with Gasteiger partial charge in [-0.25, -0.2) is 0 Å². The summed E-state index contributed by atoms with van der Waals surface area (Å²) >= 11 is 0. The lowest BCUT2D eigenvalue weighted by Gasteiger charge is -2.39. The highest BCUT2D eigenvalue weighted by Crippen LogP contribution is 2.34. The van der Waals surface area contributed by atoms with Crippen molar-refractivity contribution in [3.8, 4) is 0 Å². The number of hydrogen-bond donors (Lipinski definition) is 0. The van der Waals surface area contributed by atoms with Crippen LogP contribution < -0.4 is 0 Å². The molecule has 0 aromatic rings. The highest BCUT2D eigenvalue weighted by atomic mass is 16.5. The van der Waals surface area contributed by atoms with Gasteiger partial charge in [-0.1, -0.05) is 65.2 Å². The first kappa shape index (κ1) is 14.4. The highest BCUT2D eigenvalue weighted by molar-refractivity contribution is 4.81. The SMILES string of the molecule is CC1CC2CCCCCCCCCCC(O2)C1C. The van der Waals surface area contributed by atoms with E-state index in [0.29, 0.717) is 12.2 Å². The van der Waals surface area contributed by atoms with Gasteiger partial charge < -0.3 is 4.74 Å². The summed E-state index contributed by atoms with van der Waals surface area (Å²) in [5, 5.41) is 0. The molecule has 4 atom stereocenters. The molecule has 2 heterocycles. The first-order valence-electron chi connectivity index (χ1n) is 8.43. The van der Waals surface area contributed by atoms with Crippen molar-refractivity contribution >= 4 is 0 Å². The molecule has 2 fully saturated rings. The van der Waals surface area contributed by atoms with Crippen molar-refractivity contribution in [2.45, 2.75) is 96.7 Å². The minimum atomic E-state index is 0.555. The fourth-order valence-electron chi connectivity index (χ4n) is 3.72. The molecule has 2 rings (SSSR count). The molecule has 0 N–H and O–H groups in total. The second-order valence-electron chi connectivity index (χ2n) is 6.77. The van der Waals surface area contributed by atoms with E-state index < -0.39 is 0 Å². The van der Waals surface area contributed by atoms with Crippen molar-refractivity contribution in [1.82, 2.24) is 0 Å². The summed E-state index contributed by atoms with van der Waals surface area (Å²) < 4.78 is 6.38. The van der Waals surface area contributed by atoms with E-state index in [2.05, 4.69) is 13.8 Å². The first-order valence-corrected chi connectivity index (χ1v) is 8.43. The van der Waals surface area contributed by atoms with Gasteiger partial charge in [-0.05, 0) is 31.1 Å². The Kier molecular flexibility index (Phi) is 6.01. The van der Waals surface area contributed by atoms with E-state index in [9.17, 15) is 0 Å². The summed E-state index contributed by atoms with van der Waals surface area (Å²) in [5.74, 6) is 1.63. The molecular formula is C17H32O. The van der Waals surface area contributed by atoms with Gasteiger partial charge in [0, 0.05) is 0 Å². The molecule has 0 aromatic carbocycles. The Morgan fingerprint density at radius 3 is 1.94 bits per heavy atom. The number of hydrogen-bond acceptors (Lipinski definition) is 1.